The molecule has 0 aliphatic heterocycles. The third-order valence-corrected chi connectivity index (χ3v) is 4.76. The Bertz CT molecular complexity index is 366. The number of hydrogen-bond acceptors (Lipinski definition) is 0. The average Bonchev–Trinajstić information content (AvgIpc) is 2.62. The van der Waals surface area contributed by atoms with Gasteiger partial charge in [0.25, 0.3) is 0 Å². The van der Waals surface area contributed by atoms with Gasteiger partial charge in [0.2, 0.25) is 0 Å². The highest BCUT2D eigenvalue weighted by molar-refractivity contribution is 5.38. The van der Waals surface area contributed by atoms with Gasteiger partial charge in [-0.05, 0) is 41.7 Å². The number of unbranched alkanes of at least 4 members (excludes halogenated alkanes) is 1. The van der Waals surface area contributed by atoms with Crippen molar-refractivity contribution in [2.24, 2.45) is 5.41 Å². The van der Waals surface area contributed by atoms with Crippen molar-refractivity contribution in [3.8, 4) is 0 Å². The molecule has 1 aliphatic carbocycles. The molecule has 94 valence electrons. The Kier molecular flexibility index (Phi) is 3.91. The van der Waals surface area contributed by atoms with E-state index in [1.54, 1.807) is 11.1 Å². The summed E-state index contributed by atoms with van der Waals surface area (Å²) in [5, 5.41) is 0. The Balaban J connectivity index is 2.25. The van der Waals surface area contributed by atoms with Crippen LogP contribution in [0.5, 0.6) is 0 Å². The molecule has 0 amide bonds. The van der Waals surface area contributed by atoms with Gasteiger partial charge >= 0.3 is 0 Å². The SMILES string of the molecule is CCCCC1(CCC)Cc2ccccc2C1C. The molecule has 1 aromatic rings. The fourth-order valence-corrected chi connectivity index (χ4v) is 3.74. The van der Waals surface area contributed by atoms with Crippen LogP contribution in [0.2, 0.25) is 0 Å². The second kappa shape index (κ2) is 5.25. The number of fused-ring (bicyclic) bond motifs is 1. The van der Waals surface area contributed by atoms with Crippen LogP contribution in [0.3, 0.4) is 0 Å². The zero-order valence-corrected chi connectivity index (χ0v) is 11.6. The normalized spacial score (nSPS) is 27.1. The molecule has 17 heavy (non-hydrogen) atoms. The van der Waals surface area contributed by atoms with Crippen LogP contribution in [-0.4, -0.2) is 0 Å². The van der Waals surface area contributed by atoms with Gasteiger partial charge in [0.1, 0.15) is 0 Å². The molecule has 2 unspecified atom stereocenters. The molecule has 0 saturated heterocycles. The highest BCUT2D eigenvalue weighted by Crippen LogP contribution is 2.52. The summed E-state index contributed by atoms with van der Waals surface area (Å²) < 4.78 is 0. The summed E-state index contributed by atoms with van der Waals surface area (Å²) in [6.07, 6.45) is 8.16. The monoisotopic (exact) mass is 230 g/mol. The van der Waals surface area contributed by atoms with E-state index in [9.17, 15) is 0 Å². The zero-order chi connectivity index (χ0) is 12.3. The predicted molar refractivity (Wildman–Crippen MR) is 75.4 cm³/mol. The molecule has 0 saturated carbocycles. The van der Waals surface area contributed by atoms with Crippen LogP contribution in [0.4, 0.5) is 0 Å². The first-order valence-corrected chi connectivity index (χ1v) is 7.31. The van der Waals surface area contributed by atoms with Crippen LogP contribution in [0.1, 0.15) is 69.9 Å². The van der Waals surface area contributed by atoms with E-state index >= 15 is 0 Å². The molecule has 0 nitrogen and oxygen atoms in total. The fourth-order valence-electron chi connectivity index (χ4n) is 3.74. The minimum atomic E-state index is 0.564. The Morgan fingerprint density at radius 2 is 1.88 bits per heavy atom. The van der Waals surface area contributed by atoms with E-state index in [1.807, 2.05) is 0 Å². The minimum absolute atomic E-state index is 0.564. The third kappa shape index (κ3) is 2.27. The number of hydrogen-bond donors (Lipinski definition) is 0. The Morgan fingerprint density at radius 1 is 1.12 bits per heavy atom. The molecule has 0 fully saturated rings. The van der Waals surface area contributed by atoms with Gasteiger partial charge in [-0.1, -0.05) is 64.3 Å². The summed E-state index contributed by atoms with van der Waals surface area (Å²) in [4.78, 5) is 0. The first-order chi connectivity index (χ1) is 8.23. The van der Waals surface area contributed by atoms with Gasteiger partial charge in [0.05, 0.1) is 0 Å². The van der Waals surface area contributed by atoms with Gasteiger partial charge in [0.15, 0.2) is 0 Å². The van der Waals surface area contributed by atoms with Crippen molar-refractivity contribution in [1.82, 2.24) is 0 Å². The van der Waals surface area contributed by atoms with Gasteiger partial charge in [-0.3, -0.25) is 0 Å². The molecular formula is C17H26. The lowest BCUT2D eigenvalue weighted by molar-refractivity contribution is 0.204. The predicted octanol–water partition coefficient (Wildman–Crippen LogP) is 5.32. The van der Waals surface area contributed by atoms with Gasteiger partial charge in [-0.2, -0.15) is 0 Å². The lowest BCUT2D eigenvalue weighted by Gasteiger charge is -2.34. The molecule has 1 aliphatic rings. The van der Waals surface area contributed by atoms with Crippen molar-refractivity contribution >= 4 is 0 Å². The van der Waals surface area contributed by atoms with Crippen molar-refractivity contribution in [3.05, 3.63) is 35.4 Å². The summed E-state index contributed by atoms with van der Waals surface area (Å²) >= 11 is 0. The lowest BCUT2D eigenvalue weighted by Crippen LogP contribution is -2.24. The highest BCUT2D eigenvalue weighted by atomic mass is 14.5. The maximum absolute atomic E-state index is 2.46. The summed E-state index contributed by atoms with van der Waals surface area (Å²) in [5.74, 6) is 0.755. The Morgan fingerprint density at radius 3 is 2.53 bits per heavy atom. The van der Waals surface area contributed by atoms with Crippen LogP contribution in [0, 0.1) is 5.41 Å². The van der Waals surface area contributed by atoms with Gasteiger partial charge in [-0.25, -0.2) is 0 Å². The highest BCUT2D eigenvalue weighted by Gasteiger charge is 2.41. The van der Waals surface area contributed by atoms with E-state index < -0.39 is 0 Å². The molecule has 0 bridgehead atoms. The Labute approximate surface area is 106 Å². The summed E-state index contributed by atoms with van der Waals surface area (Å²) in [6, 6.07) is 9.10. The first-order valence-electron chi connectivity index (χ1n) is 7.31. The van der Waals surface area contributed by atoms with Crippen LogP contribution in [0.15, 0.2) is 24.3 Å². The van der Waals surface area contributed by atoms with Gasteiger partial charge < -0.3 is 0 Å². The van der Waals surface area contributed by atoms with Gasteiger partial charge in [-0.15, -0.1) is 0 Å². The van der Waals surface area contributed by atoms with E-state index in [4.69, 9.17) is 0 Å². The second-order valence-electron chi connectivity index (χ2n) is 5.81. The molecule has 0 radical (unpaired) electrons. The van der Waals surface area contributed by atoms with Crippen molar-refractivity contribution in [2.75, 3.05) is 0 Å². The second-order valence-corrected chi connectivity index (χ2v) is 5.81. The standard InChI is InChI=1S/C17H26/c1-4-6-12-17(11-5-2)13-15-9-7-8-10-16(15)14(17)3/h7-10,14H,4-6,11-13H2,1-3H3. The third-order valence-electron chi connectivity index (χ3n) is 4.76. The van der Waals surface area contributed by atoms with Crippen LogP contribution in [0.25, 0.3) is 0 Å². The summed E-state index contributed by atoms with van der Waals surface area (Å²) in [7, 11) is 0. The van der Waals surface area contributed by atoms with E-state index in [0.717, 1.165) is 5.92 Å². The molecule has 0 heterocycles. The van der Waals surface area contributed by atoms with Crippen molar-refractivity contribution in [2.45, 2.75) is 65.2 Å². The zero-order valence-electron chi connectivity index (χ0n) is 11.6. The van der Waals surface area contributed by atoms with Crippen molar-refractivity contribution in [3.63, 3.8) is 0 Å². The molecule has 1 aromatic carbocycles. The number of rotatable bonds is 5. The molecule has 2 rings (SSSR count). The molecule has 0 heteroatoms. The topological polar surface area (TPSA) is 0 Å². The maximum Gasteiger partial charge on any atom is -0.0128 e. The quantitative estimate of drug-likeness (QED) is 0.642. The lowest BCUT2D eigenvalue weighted by atomic mass is 9.70. The van der Waals surface area contributed by atoms with E-state index in [1.165, 1.54) is 38.5 Å². The summed E-state index contributed by atoms with van der Waals surface area (Å²) in [5.41, 5.74) is 3.80. The molecule has 0 spiro atoms. The van der Waals surface area contributed by atoms with E-state index in [0.29, 0.717) is 5.41 Å². The van der Waals surface area contributed by atoms with E-state index in [2.05, 4.69) is 45.0 Å². The van der Waals surface area contributed by atoms with Gasteiger partial charge in [0, 0.05) is 0 Å². The smallest absolute Gasteiger partial charge is 0.0128 e. The molecular weight excluding hydrogens is 204 g/mol. The largest absolute Gasteiger partial charge is 0.0654 e. The average molecular weight is 230 g/mol. The Hall–Kier alpha value is -0.780. The van der Waals surface area contributed by atoms with Crippen LogP contribution >= 0.6 is 0 Å². The molecule has 0 aromatic heterocycles. The van der Waals surface area contributed by atoms with Crippen molar-refractivity contribution in [1.29, 1.82) is 0 Å². The first kappa shape index (κ1) is 12.7. The fraction of sp³-hybridized carbons (Fsp3) is 0.647. The van der Waals surface area contributed by atoms with E-state index in [-0.39, 0.29) is 0 Å². The summed E-state index contributed by atoms with van der Waals surface area (Å²) in [6.45, 7) is 7.10. The van der Waals surface area contributed by atoms with Crippen molar-refractivity contribution < 1.29 is 0 Å². The number of benzene rings is 1. The minimum Gasteiger partial charge on any atom is -0.0654 e. The molecule has 2 atom stereocenters. The maximum atomic E-state index is 2.46. The van der Waals surface area contributed by atoms with Crippen LogP contribution < -0.4 is 0 Å². The molecule has 0 N–H and O–H groups in total. The van der Waals surface area contributed by atoms with Crippen LogP contribution in [-0.2, 0) is 6.42 Å².